The van der Waals surface area contributed by atoms with Crippen LogP contribution in [-0.2, 0) is 9.84 Å². The minimum atomic E-state index is -3.70. The van der Waals surface area contributed by atoms with Gasteiger partial charge in [-0.1, -0.05) is 0 Å². The number of methoxy groups -OCH3 is 1. The number of H-pyrrole nitrogens is 1. The average molecular weight is 423 g/mol. The molecule has 1 fully saturated rings. The number of rotatable bonds is 4. The fourth-order valence-corrected chi connectivity index (χ4v) is 4.66. The Labute approximate surface area is 170 Å². The number of aromatic nitrogens is 2. The van der Waals surface area contributed by atoms with Crippen LogP contribution in [0.4, 0.5) is 5.69 Å². The summed E-state index contributed by atoms with van der Waals surface area (Å²) in [6, 6.07) is 12.2. The maximum Gasteiger partial charge on any atom is 0.223 e. The number of nitrogens with one attached hydrogen (secondary N) is 1. The van der Waals surface area contributed by atoms with Gasteiger partial charge in [0, 0.05) is 37.3 Å². The van der Waals surface area contributed by atoms with E-state index in [1.807, 2.05) is 18.2 Å². The molecule has 28 heavy (non-hydrogen) atoms. The zero-order chi connectivity index (χ0) is 19.0. The predicted octanol–water partition coefficient (Wildman–Crippen LogP) is 2.58. The first-order chi connectivity index (χ1) is 13.0. The topological polar surface area (TPSA) is 78.5 Å². The largest absolute Gasteiger partial charge is 0.497 e. The molecule has 0 spiro atoms. The monoisotopic (exact) mass is 422 g/mol. The minimum Gasteiger partial charge on any atom is -0.497 e. The van der Waals surface area contributed by atoms with Gasteiger partial charge in [0.25, 0.3) is 0 Å². The van der Waals surface area contributed by atoms with E-state index in [0.717, 1.165) is 31.9 Å². The number of fused-ring (bicyclic) bond motifs is 1. The Hall–Kier alpha value is -2.29. The lowest BCUT2D eigenvalue weighted by atomic mass is 10.2. The smallest absolute Gasteiger partial charge is 0.223 e. The summed E-state index contributed by atoms with van der Waals surface area (Å²) in [5, 5.41) is 7.65. The van der Waals surface area contributed by atoms with Crippen molar-refractivity contribution >= 4 is 38.8 Å². The molecule has 3 aromatic rings. The van der Waals surface area contributed by atoms with E-state index in [4.69, 9.17) is 4.74 Å². The highest BCUT2D eigenvalue weighted by atomic mass is 35.5. The van der Waals surface area contributed by atoms with Crippen molar-refractivity contribution in [2.24, 2.45) is 0 Å². The molecule has 0 atom stereocenters. The molecule has 9 heteroatoms. The van der Waals surface area contributed by atoms with Gasteiger partial charge in [-0.15, -0.1) is 12.4 Å². The first-order valence-electron chi connectivity index (χ1n) is 8.80. The van der Waals surface area contributed by atoms with Gasteiger partial charge < -0.3 is 14.5 Å². The lowest BCUT2D eigenvalue weighted by Gasteiger charge is -2.34. The van der Waals surface area contributed by atoms with Gasteiger partial charge in [0.1, 0.15) is 5.75 Å². The van der Waals surface area contributed by atoms with Crippen LogP contribution in [0.25, 0.3) is 10.9 Å². The van der Waals surface area contributed by atoms with Crippen LogP contribution in [-0.4, -0.2) is 63.9 Å². The van der Waals surface area contributed by atoms with E-state index in [-0.39, 0.29) is 22.3 Å². The second-order valence-corrected chi connectivity index (χ2v) is 8.61. The van der Waals surface area contributed by atoms with Crippen LogP contribution in [0.5, 0.6) is 5.75 Å². The number of hydrogen-bond donors (Lipinski definition) is 1. The predicted molar refractivity (Wildman–Crippen MR) is 111 cm³/mol. The Kier molecular flexibility index (Phi) is 5.83. The van der Waals surface area contributed by atoms with Gasteiger partial charge in [-0.2, -0.15) is 5.10 Å². The molecule has 0 amide bonds. The van der Waals surface area contributed by atoms with Gasteiger partial charge in [0.05, 0.1) is 17.5 Å². The molecule has 1 aliphatic rings. The SMILES string of the molecule is COc1ccc(S(=O)(=O)c2[nH]nc3ccc(N4CCN(C)CC4)cc23)cc1.Cl. The van der Waals surface area contributed by atoms with Gasteiger partial charge >= 0.3 is 0 Å². The van der Waals surface area contributed by atoms with Gasteiger partial charge in [-0.05, 0) is 49.5 Å². The summed E-state index contributed by atoms with van der Waals surface area (Å²) in [5.41, 5.74) is 1.66. The summed E-state index contributed by atoms with van der Waals surface area (Å²) in [7, 11) is -0.0491. The van der Waals surface area contributed by atoms with E-state index >= 15 is 0 Å². The fraction of sp³-hybridized carbons (Fsp3) is 0.316. The molecule has 2 heterocycles. The Bertz CT molecular complexity index is 1060. The van der Waals surface area contributed by atoms with Crippen LogP contribution < -0.4 is 9.64 Å². The number of benzene rings is 2. The number of aromatic amines is 1. The van der Waals surface area contributed by atoms with E-state index in [0.29, 0.717) is 16.7 Å². The Balaban J connectivity index is 0.00000225. The number of hydrogen-bond acceptors (Lipinski definition) is 6. The molecule has 7 nitrogen and oxygen atoms in total. The molecule has 0 saturated carbocycles. The molecule has 2 aromatic carbocycles. The molecule has 1 aliphatic heterocycles. The second kappa shape index (κ2) is 7.98. The summed E-state index contributed by atoms with van der Waals surface area (Å²) >= 11 is 0. The number of anilines is 1. The van der Waals surface area contributed by atoms with E-state index in [1.165, 1.54) is 0 Å². The van der Waals surface area contributed by atoms with Crippen LogP contribution in [0.15, 0.2) is 52.4 Å². The molecule has 1 saturated heterocycles. The van der Waals surface area contributed by atoms with E-state index in [2.05, 4.69) is 27.0 Å². The van der Waals surface area contributed by atoms with E-state index in [9.17, 15) is 8.42 Å². The Morgan fingerprint density at radius 2 is 1.71 bits per heavy atom. The van der Waals surface area contributed by atoms with Crippen molar-refractivity contribution < 1.29 is 13.2 Å². The second-order valence-electron chi connectivity index (χ2n) is 6.72. The Morgan fingerprint density at radius 1 is 1.04 bits per heavy atom. The average Bonchev–Trinajstić information content (AvgIpc) is 3.12. The molecular weight excluding hydrogens is 400 g/mol. The highest BCUT2D eigenvalue weighted by Gasteiger charge is 2.24. The molecule has 0 bridgehead atoms. The number of ether oxygens (including phenoxy) is 1. The van der Waals surface area contributed by atoms with Crippen LogP contribution in [0.3, 0.4) is 0 Å². The summed E-state index contributed by atoms with van der Waals surface area (Å²) in [6.07, 6.45) is 0. The maximum absolute atomic E-state index is 13.1. The quantitative estimate of drug-likeness (QED) is 0.696. The summed E-state index contributed by atoms with van der Waals surface area (Å²) in [4.78, 5) is 4.77. The molecule has 4 rings (SSSR count). The molecule has 0 radical (unpaired) electrons. The molecule has 0 aliphatic carbocycles. The molecule has 1 aromatic heterocycles. The van der Waals surface area contributed by atoms with Gasteiger partial charge in [0.15, 0.2) is 5.03 Å². The summed E-state index contributed by atoms with van der Waals surface area (Å²) in [6.45, 7) is 3.81. The number of piperazine rings is 1. The Morgan fingerprint density at radius 3 is 2.36 bits per heavy atom. The van der Waals surface area contributed by atoms with Crippen LogP contribution in [0, 0.1) is 0 Å². The van der Waals surface area contributed by atoms with Crippen molar-refractivity contribution in [3.05, 3.63) is 42.5 Å². The zero-order valence-corrected chi connectivity index (χ0v) is 17.4. The molecular formula is C19H23ClN4O3S. The zero-order valence-electron chi connectivity index (χ0n) is 15.8. The summed E-state index contributed by atoms with van der Waals surface area (Å²) < 4.78 is 31.3. The number of sulfone groups is 1. The van der Waals surface area contributed by atoms with Crippen molar-refractivity contribution in [2.45, 2.75) is 9.92 Å². The lowest BCUT2D eigenvalue weighted by Crippen LogP contribution is -2.44. The highest BCUT2D eigenvalue weighted by molar-refractivity contribution is 7.91. The van der Waals surface area contributed by atoms with Crippen molar-refractivity contribution in [3.8, 4) is 5.75 Å². The van der Waals surface area contributed by atoms with Crippen LogP contribution in [0.2, 0.25) is 0 Å². The number of halogens is 1. The van der Waals surface area contributed by atoms with Crippen molar-refractivity contribution in [2.75, 3.05) is 45.2 Å². The normalized spacial score (nSPS) is 15.4. The van der Waals surface area contributed by atoms with Gasteiger partial charge in [-0.25, -0.2) is 8.42 Å². The van der Waals surface area contributed by atoms with Crippen LogP contribution >= 0.6 is 12.4 Å². The third-order valence-corrected chi connectivity index (χ3v) is 6.75. The standard InChI is InChI=1S/C19H22N4O3S.ClH/c1-22-9-11-23(12-10-22)14-3-8-18-17(13-14)19(21-20-18)27(24,25)16-6-4-15(26-2)5-7-16;/h3-8,13H,9-12H2,1-2H3,(H,20,21);1H. The lowest BCUT2D eigenvalue weighted by molar-refractivity contribution is 0.313. The van der Waals surface area contributed by atoms with E-state index in [1.54, 1.807) is 31.4 Å². The first kappa shape index (κ1) is 20.4. The summed E-state index contributed by atoms with van der Waals surface area (Å²) in [5.74, 6) is 0.612. The van der Waals surface area contributed by atoms with Gasteiger partial charge in [0.2, 0.25) is 9.84 Å². The molecule has 1 N–H and O–H groups in total. The van der Waals surface area contributed by atoms with E-state index < -0.39 is 9.84 Å². The molecule has 150 valence electrons. The van der Waals surface area contributed by atoms with Crippen molar-refractivity contribution in [1.82, 2.24) is 15.1 Å². The van der Waals surface area contributed by atoms with Gasteiger partial charge in [-0.3, -0.25) is 5.10 Å². The minimum absolute atomic E-state index is 0. The highest BCUT2D eigenvalue weighted by Crippen LogP contribution is 2.30. The van der Waals surface area contributed by atoms with Crippen molar-refractivity contribution in [1.29, 1.82) is 0 Å². The fourth-order valence-electron chi connectivity index (χ4n) is 3.31. The van der Waals surface area contributed by atoms with Crippen LogP contribution in [0.1, 0.15) is 0 Å². The number of likely N-dealkylation sites (N-methyl/N-ethyl adjacent to an activating group) is 1. The maximum atomic E-state index is 13.1. The third-order valence-electron chi connectivity index (χ3n) is 5.01. The van der Waals surface area contributed by atoms with Crippen molar-refractivity contribution in [3.63, 3.8) is 0 Å². The first-order valence-corrected chi connectivity index (χ1v) is 10.3. The number of nitrogens with zero attached hydrogens (tertiary/aromatic N) is 3. The molecule has 0 unspecified atom stereocenters. The third kappa shape index (κ3) is 3.67.